The summed E-state index contributed by atoms with van der Waals surface area (Å²) in [6.45, 7) is 4.25. The smallest absolute Gasteiger partial charge is 0.130 e. The zero-order valence-electron chi connectivity index (χ0n) is 9.21. The molecular weight excluding hydrogens is 226 g/mol. The van der Waals surface area contributed by atoms with Crippen molar-refractivity contribution in [1.82, 2.24) is 19.3 Å². The fourth-order valence-electron chi connectivity index (χ4n) is 1.52. The lowest BCUT2D eigenvalue weighted by atomic mass is 10.4. The van der Waals surface area contributed by atoms with Crippen molar-refractivity contribution in [3.05, 3.63) is 36.2 Å². The Labute approximate surface area is 101 Å². The van der Waals surface area contributed by atoms with E-state index in [2.05, 4.69) is 21.6 Å². The highest BCUT2D eigenvalue weighted by Crippen LogP contribution is 2.02. The number of aryl methyl sites for hydroxylation is 1. The van der Waals surface area contributed by atoms with Gasteiger partial charge in [0.15, 0.2) is 0 Å². The van der Waals surface area contributed by atoms with E-state index in [0.717, 1.165) is 17.9 Å². The predicted molar refractivity (Wildman–Crippen MR) is 64.4 cm³/mol. The third-order valence-electron chi connectivity index (χ3n) is 2.37. The normalized spacial score (nSPS) is 10.1. The third kappa shape index (κ3) is 2.62. The lowest BCUT2D eigenvalue weighted by Crippen LogP contribution is -2.07. The summed E-state index contributed by atoms with van der Waals surface area (Å²) in [4.78, 5) is 4.29. The second-order valence-corrected chi connectivity index (χ2v) is 3.38. The summed E-state index contributed by atoms with van der Waals surface area (Å²) >= 11 is 0. The summed E-state index contributed by atoms with van der Waals surface area (Å²) in [5.41, 5.74) is 6.56. The molecule has 0 radical (unpaired) electrons. The van der Waals surface area contributed by atoms with Crippen LogP contribution in [-0.2, 0) is 19.6 Å². The lowest BCUT2D eigenvalue weighted by molar-refractivity contribution is 0.606. The molecule has 2 N–H and O–H groups in total. The Hall–Kier alpha value is -1.33. The molecule has 2 heterocycles. The number of aromatic nitrogens is 4. The van der Waals surface area contributed by atoms with Crippen LogP contribution in [0.1, 0.15) is 18.3 Å². The van der Waals surface area contributed by atoms with E-state index >= 15 is 0 Å². The van der Waals surface area contributed by atoms with Crippen LogP contribution in [0.15, 0.2) is 24.8 Å². The standard InChI is InChI=1S/C10H15N5.ClH/c1-2-14-4-3-12-10(14)8-15-7-9(5-11)6-13-15;/h3-4,6-7H,2,5,8,11H2,1H3;1H. The summed E-state index contributed by atoms with van der Waals surface area (Å²) in [6.07, 6.45) is 7.53. The van der Waals surface area contributed by atoms with Gasteiger partial charge in [0.1, 0.15) is 5.82 Å². The van der Waals surface area contributed by atoms with E-state index < -0.39 is 0 Å². The SMILES string of the molecule is CCn1ccnc1Cn1cc(CN)cn1.Cl. The zero-order chi connectivity index (χ0) is 10.7. The van der Waals surface area contributed by atoms with Gasteiger partial charge in [0.25, 0.3) is 0 Å². The molecule has 0 saturated carbocycles. The van der Waals surface area contributed by atoms with Crippen molar-refractivity contribution in [3.63, 3.8) is 0 Å². The Morgan fingerprint density at radius 3 is 2.88 bits per heavy atom. The van der Waals surface area contributed by atoms with Crippen molar-refractivity contribution in [1.29, 1.82) is 0 Å². The average Bonchev–Trinajstić information content (AvgIpc) is 2.87. The molecule has 0 aromatic carbocycles. The van der Waals surface area contributed by atoms with Crippen molar-refractivity contribution in [2.75, 3.05) is 0 Å². The molecule has 0 unspecified atom stereocenters. The number of hydrogen-bond acceptors (Lipinski definition) is 3. The molecule has 2 rings (SSSR count). The average molecular weight is 242 g/mol. The first kappa shape index (κ1) is 12.7. The molecule has 0 amide bonds. The minimum absolute atomic E-state index is 0. The van der Waals surface area contributed by atoms with E-state index in [-0.39, 0.29) is 12.4 Å². The third-order valence-corrected chi connectivity index (χ3v) is 2.37. The molecule has 16 heavy (non-hydrogen) atoms. The monoisotopic (exact) mass is 241 g/mol. The van der Waals surface area contributed by atoms with Crippen LogP contribution in [0, 0.1) is 0 Å². The predicted octanol–water partition coefficient (Wildman–Crippen LogP) is 1.03. The highest BCUT2D eigenvalue weighted by atomic mass is 35.5. The molecule has 2 aromatic heterocycles. The minimum atomic E-state index is 0. The number of imidazole rings is 1. The van der Waals surface area contributed by atoms with Crippen LogP contribution in [0.2, 0.25) is 0 Å². The van der Waals surface area contributed by atoms with Gasteiger partial charge in [0, 0.05) is 37.2 Å². The minimum Gasteiger partial charge on any atom is -0.334 e. The molecule has 2 aromatic rings. The maximum absolute atomic E-state index is 5.52. The van der Waals surface area contributed by atoms with Crippen LogP contribution in [0.4, 0.5) is 0 Å². The van der Waals surface area contributed by atoms with Gasteiger partial charge in [-0.15, -0.1) is 12.4 Å². The van der Waals surface area contributed by atoms with E-state index in [4.69, 9.17) is 5.73 Å². The van der Waals surface area contributed by atoms with Gasteiger partial charge in [-0.3, -0.25) is 4.68 Å². The molecule has 0 saturated heterocycles. The van der Waals surface area contributed by atoms with Crippen LogP contribution in [0.3, 0.4) is 0 Å². The Kier molecular flexibility index (Phi) is 4.52. The fraction of sp³-hybridized carbons (Fsp3) is 0.400. The topological polar surface area (TPSA) is 61.7 Å². The van der Waals surface area contributed by atoms with Gasteiger partial charge in [0.05, 0.1) is 12.7 Å². The molecule has 0 aliphatic rings. The van der Waals surface area contributed by atoms with Crippen molar-refractivity contribution in [2.45, 2.75) is 26.6 Å². The molecule has 0 fully saturated rings. The summed E-state index contributed by atoms with van der Waals surface area (Å²) in [7, 11) is 0. The van der Waals surface area contributed by atoms with Crippen molar-refractivity contribution in [2.24, 2.45) is 5.73 Å². The summed E-state index contributed by atoms with van der Waals surface area (Å²) in [5, 5.41) is 4.22. The van der Waals surface area contributed by atoms with E-state index in [9.17, 15) is 0 Å². The molecule has 0 bridgehead atoms. The summed E-state index contributed by atoms with van der Waals surface area (Å²) < 4.78 is 3.96. The lowest BCUT2D eigenvalue weighted by Gasteiger charge is -2.04. The van der Waals surface area contributed by atoms with Crippen LogP contribution < -0.4 is 5.73 Å². The van der Waals surface area contributed by atoms with Crippen LogP contribution in [0.5, 0.6) is 0 Å². The fourth-order valence-corrected chi connectivity index (χ4v) is 1.52. The molecule has 0 aliphatic heterocycles. The first-order valence-corrected chi connectivity index (χ1v) is 5.05. The molecule has 88 valence electrons. The Bertz CT molecular complexity index is 434. The van der Waals surface area contributed by atoms with Gasteiger partial charge in [-0.05, 0) is 6.92 Å². The molecule has 0 aliphatic carbocycles. The van der Waals surface area contributed by atoms with E-state index in [1.165, 1.54) is 0 Å². The second-order valence-electron chi connectivity index (χ2n) is 3.38. The van der Waals surface area contributed by atoms with Gasteiger partial charge < -0.3 is 10.3 Å². The number of hydrogen-bond donors (Lipinski definition) is 1. The summed E-state index contributed by atoms with van der Waals surface area (Å²) in [6, 6.07) is 0. The number of nitrogens with two attached hydrogens (primary N) is 1. The highest BCUT2D eigenvalue weighted by molar-refractivity contribution is 5.85. The molecular formula is C10H16ClN5. The quantitative estimate of drug-likeness (QED) is 0.870. The van der Waals surface area contributed by atoms with E-state index in [1.807, 2.05) is 23.3 Å². The highest BCUT2D eigenvalue weighted by Gasteiger charge is 2.03. The Balaban J connectivity index is 0.00000128. The van der Waals surface area contributed by atoms with Gasteiger partial charge >= 0.3 is 0 Å². The van der Waals surface area contributed by atoms with Gasteiger partial charge in [0.2, 0.25) is 0 Å². The van der Waals surface area contributed by atoms with Gasteiger partial charge in [-0.25, -0.2) is 4.98 Å². The van der Waals surface area contributed by atoms with Crippen LogP contribution in [0.25, 0.3) is 0 Å². The number of halogens is 1. The Morgan fingerprint density at radius 1 is 1.44 bits per heavy atom. The van der Waals surface area contributed by atoms with Crippen molar-refractivity contribution >= 4 is 12.4 Å². The second kappa shape index (κ2) is 5.67. The van der Waals surface area contributed by atoms with E-state index in [1.54, 1.807) is 6.20 Å². The van der Waals surface area contributed by atoms with Gasteiger partial charge in [-0.1, -0.05) is 0 Å². The van der Waals surface area contributed by atoms with Crippen LogP contribution >= 0.6 is 12.4 Å². The van der Waals surface area contributed by atoms with E-state index in [0.29, 0.717) is 13.1 Å². The Morgan fingerprint density at radius 2 is 2.25 bits per heavy atom. The molecule has 0 spiro atoms. The molecule has 5 nitrogen and oxygen atoms in total. The van der Waals surface area contributed by atoms with Crippen molar-refractivity contribution in [3.8, 4) is 0 Å². The number of nitrogens with zero attached hydrogens (tertiary/aromatic N) is 4. The zero-order valence-corrected chi connectivity index (χ0v) is 10.0. The van der Waals surface area contributed by atoms with Crippen LogP contribution in [-0.4, -0.2) is 19.3 Å². The maximum Gasteiger partial charge on any atom is 0.130 e. The number of rotatable bonds is 4. The first-order valence-electron chi connectivity index (χ1n) is 5.05. The molecule has 6 heteroatoms. The maximum atomic E-state index is 5.52. The van der Waals surface area contributed by atoms with Gasteiger partial charge in [-0.2, -0.15) is 5.10 Å². The van der Waals surface area contributed by atoms with Crippen molar-refractivity contribution < 1.29 is 0 Å². The largest absolute Gasteiger partial charge is 0.334 e. The summed E-state index contributed by atoms with van der Waals surface area (Å²) in [5.74, 6) is 1.02. The first-order chi connectivity index (χ1) is 7.33. The molecule has 0 atom stereocenters.